The van der Waals surface area contributed by atoms with Gasteiger partial charge in [0.15, 0.2) is 11.6 Å². The Morgan fingerprint density at radius 2 is 1.77 bits per heavy atom. The van der Waals surface area contributed by atoms with Crippen LogP contribution < -0.4 is 11.1 Å². The van der Waals surface area contributed by atoms with Crippen molar-refractivity contribution in [3.05, 3.63) is 69.8 Å². The van der Waals surface area contributed by atoms with Crippen molar-refractivity contribution in [2.24, 2.45) is 0 Å². The van der Waals surface area contributed by atoms with Gasteiger partial charge < -0.3 is 16.2 Å². The molecule has 3 rings (SSSR count). The third-order valence-electron chi connectivity index (χ3n) is 3.72. The molecule has 3 aromatic rings. The van der Waals surface area contributed by atoms with E-state index in [0.29, 0.717) is 28.1 Å². The zero-order valence-corrected chi connectivity index (χ0v) is 14.9. The summed E-state index contributed by atoms with van der Waals surface area (Å²) in [5.41, 5.74) is 8.10. The van der Waals surface area contributed by atoms with Crippen LogP contribution in [0.2, 0.25) is 10.0 Å². The van der Waals surface area contributed by atoms with Crippen molar-refractivity contribution in [1.82, 2.24) is 9.97 Å². The van der Waals surface area contributed by atoms with Gasteiger partial charge in [-0.15, -0.1) is 0 Å². The van der Waals surface area contributed by atoms with Gasteiger partial charge in [-0.25, -0.2) is 14.8 Å². The highest BCUT2D eigenvalue weighted by Crippen LogP contribution is 2.26. The number of aromatic nitrogens is 2. The number of halogens is 2. The smallest absolute Gasteiger partial charge is 0.335 e. The number of aromatic carboxylic acids is 1. The number of carboxylic acids is 1. The first kappa shape index (κ1) is 18.0. The number of rotatable bonds is 5. The number of carboxylic acid groups (broad SMARTS) is 1. The molecule has 0 aliphatic rings. The molecule has 0 bridgehead atoms. The monoisotopic (exact) mass is 388 g/mol. The normalized spacial score (nSPS) is 10.5. The lowest BCUT2D eigenvalue weighted by Gasteiger charge is -2.12. The molecule has 1 aromatic heterocycles. The SMILES string of the molecule is Nc1ncc(-c2ccc(C(=O)O)cc2)nc1NCc1c(Cl)cccc1Cl. The molecule has 8 heteroatoms. The quantitative estimate of drug-likeness (QED) is 0.600. The lowest BCUT2D eigenvalue weighted by molar-refractivity contribution is 0.0697. The van der Waals surface area contributed by atoms with Gasteiger partial charge in [-0.05, 0) is 24.3 Å². The van der Waals surface area contributed by atoms with Crippen molar-refractivity contribution in [2.45, 2.75) is 6.54 Å². The van der Waals surface area contributed by atoms with Crippen LogP contribution >= 0.6 is 23.2 Å². The van der Waals surface area contributed by atoms with Crippen LogP contribution in [0, 0.1) is 0 Å². The van der Waals surface area contributed by atoms with Crippen molar-refractivity contribution in [3.63, 3.8) is 0 Å². The lowest BCUT2D eigenvalue weighted by Crippen LogP contribution is -2.07. The van der Waals surface area contributed by atoms with E-state index in [4.69, 9.17) is 34.0 Å². The Morgan fingerprint density at radius 1 is 1.12 bits per heavy atom. The van der Waals surface area contributed by atoms with E-state index < -0.39 is 5.97 Å². The fraction of sp³-hybridized carbons (Fsp3) is 0.0556. The summed E-state index contributed by atoms with van der Waals surface area (Å²) in [5, 5.41) is 13.1. The molecule has 0 fully saturated rings. The minimum Gasteiger partial charge on any atom is -0.478 e. The van der Waals surface area contributed by atoms with E-state index >= 15 is 0 Å². The van der Waals surface area contributed by atoms with Crippen LogP contribution in [-0.2, 0) is 6.54 Å². The first-order valence-electron chi connectivity index (χ1n) is 7.58. The summed E-state index contributed by atoms with van der Waals surface area (Å²) in [5.74, 6) is -0.362. The Morgan fingerprint density at radius 3 is 2.38 bits per heavy atom. The molecule has 2 aromatic carbocycles. The third kappa shape index (κ3) is 3.87. The van der Waals surface area contributed by atoms with Gasteiger partial charge in [0.05, 0.1) is 17.5 Å². The van der Waals surface area contributed by atoms with Crippen LogP contribution in [0.15, 0.2) is 48.7 Å². The molecule has 132 valence electrons. The van der Waals surface area contributed by atoms with E-state index in [0.717, 1.165) is 11.1 Å². The zero-order chi connectivity index (χ0) is 18.7. The molecule has 0 saturated carbocycles. The fourth-order valence-corrected chi connectivity index (χ4v) is 2.86. The zero-order valence-electron chi connectivity index (χ0n) is 13.4. The van der Waals surface area contributed by atoms with Gasteiger partial charge in [-0.1, -0.05) is 41.4 Å². The third-order valence-corrected chi connectivity index (χ3v) is 4.43. The Bertz CT molecular complexity index is 942. The Balaban J connectivity index is 1.85. The van der Waals surface area contributed by atoms with Crippen molar-refractivity contribution in [2.75, 3.05) is 11.1 Å². The molecule has 4 N–H and O–H groups in total. The first-order valence-corrected chi connectivity index (χ1v) is 8.34. The molecule has 1 heterocycles. The highest BCUT2D eigenvalue weighted by atomic mass is 35.5. The highest BCUT2D eigenvalue weighted by Gasteiger charge is 2.10. The molecule has 0 aliphatic heterocycles. The minimum atomic E-state index is -0.987. The van der Waals surface area contributed by atoms with Gasteiger partial charge in [-0.2, -0.15) is 0 Å². The largest absolute Gasteiger partial charge is 0.478 e. The number of nitrogens with two attached hydrogens (primary N) is 1. The minimum absolute atomic E-state index is 0.198. The van der Waals surface area contributed by atoms with Crippen LogP contribution in [-0.4, -0.2) is 21.0 Å². The molecule has 0 unspecified atom stereocenters. The van der Waals surface area contributed by atoms with Crippen LogP contribution in [0.25, 0.3) is 11.3 Å². The number of hydrogen-bond donors (Lipinski definition) is 3. The summed E-state index contributed by atoms with van der Waals surface area (Å²) in [6.45, 7) is 0.332. The molecule has 26 heavy (non-hydrogen) atoms. The average Bonchev–Trinajstić information content (AvgIpc) is 2.63. The second kappa shape index (κ2) is 7.59. The lowest BCUT2D eigenvalue weighted by atomic mass is 10.1. The van der Waals surface area contributed by atoms with Crippen molar-refractivity contribution in [1.29, 1.82) is 0 Å². The number of benzene rings is 2. The van der Waals surface area contributed by atoms with Crippen LogP contribution in [0.4, 0.5) is 11.6 Å². The topological polar surface area (TPSA) is 101 Å². The van der Waals surface area contributed by atoms with E-state index in [2.05, 4.69) is 15.3 Å². The molecule has 0 amide bonds. The summed E-state index contributed by atoms with van der Waals surface area (Å²) in [7, 11) is 0. The summed E-state index contributed by atoms with van der Waals surface area (Å²) in [6, 6.07) is 11.6. The Kier molecular flexibility index (Phi) is 5.25. The maximum atomic E-state index is 10.9. The molecular weight excluding hydrogens is 375 g/mol. The summed E-state index contributed by atoms with van der Waals surface area (Å²) in [4.78, 5) is 19.5. The summed E-state index contributed by atoms with van der Waals surface area (Å²) in [6.07, 6.45) is 1.53. The molecule has 0 radical (unpaired) electrons. The number of nitrogen functional groups attached to an aromatic ring is 1. The number of nitrogens with one attached hydrogen (secondary N) is 1. The second-order valence-electron chi connectivity index (χ2n) is 5.43. The van der Waals surface area contributed by atoms with Crippen LogP contribution in [0.1, 0.15) is 15.9 Å². The van der Waals surface area contributed by atoms with Crippen LogP contribution in [0.5, 0.6) is 0 Å². The van der Waals surface area contributed by atoms with E-state index in [1.165, 1.54) is 18.3 Å². The maximum absolute atomic E-state index is 10.9. The number of hydrogen-bond acceptors (Lipinski definition) is 5. The van der Waals surface area contributed by atoms with Gasteiger partial charge in [0, 0.05) is 27.7 Å². The second-order valence-corrected chi connectivity index (χ2v) is 6.24. The fourth-order valence-electron chi connectivity index (χ4n) is 2.32. The Labute approximate surface area is 159 Å². The van der Waals surface area contributed by atoms with Gasteiger partial charge in [-0.3, -0.25) is 0 Å². The average molecular weight is 389 g/mol. The molecule has 0 atom stereocenters. The van der Waals surface area contributed by atoms with Crippen molar-refractivity contribution >= 4 is 40.8 Å². The van der Waals surface area contributed by atoms with Gasteiger partial charge in [0.2, 0.25) is 0 Å². The van der Waals surface area contributed by atoms with Crippen molar-refractivity contribution < 1.29 is 9.90 Å². The molecule has 6 nitrogen and oxygen atoms in total. The number of nitrogens with zero attached hydrogens (tertiary/aromatic N) is 2. The van der Waals surface area contributed by atoms with E-state index in [9.17, 15) is 4.79 Å². The van der Waals surface area contributed by atoms with E-state index in [1.807, 2.05) is 0 Å². The van der Waals surface area contributed by atoms with E-state index in [1.54, 1.807) is 30.3 Å². The predicted octanol–water partition coefficient (Wildman–Crippen LogP) is 4.34. The van der Waals surface area contributed by atoms with Gasteiger partial charge in [0.1, 0.15) is 0 Å². The maximum Gasteiger partial charge on any atom is 0.335 e. The number of anilines is 2. The molecular formula is C18H14Cl2N4O2. The van der Waals surface area contributed by atoms with Gasteiger partial charge >= 0.3 is 5.97 Å². The molecule has 0 saturated heterocycles. The molecule has 0 spiro atoms. The van der Waals surface area contributed by atoms with Gasteiger partial charge in [0.25, 0.3) is 0 Å². The standard InChI is InChI=1S/C18H14Cl2N4O2/c19-13-2-1-3-14(20)12(13)8-23-17-16(21)22-9-15(24-17)10-4-6-11(7-5-10)18(25)26/h1-7,9H,8H2,(H2,21,22)(H,23,24)(H,25,26). The molecule has 0 aliphatic carbocycles. The number of carbonyl (C=O) groups is 1. The summed E-state index contributed by atoms with van der Waals surface area (Å²) >= 11 is 12.3. The predicted molar refractivity (Wildman–Crippen MR) is 103 cm³/mol. The van der Waals surface area contributed by atoms with Crippen molar-refractivity contribution in [3.8, 4) is 11.3 Å². The Hall–Kier alpha value is -2.83. The first-order chi connectivity index (χ1) is 12.5. The highest BCUT2D eigenvalue weighted by molar-refractivity contribution is 6.36. The van der Waals surface area contributed by atoms with Crippen LogP contribution in [0.3, 0.4) is 0 Å². The summed E-state index contributed by atoms with van der Waals surface area (Å²) < 4.78 is 0. The van der Waals surface area contributed by atoms with E-state index in [-0.39, 0.29) is 11.4 Å².